The summed E-state index contributed by atoms with van der Waals surface area (Å²) in [6, 6.07) is 16.2. The van der Waals surface area contributed by atoms with Gasteiger partial charge in [0.15, 0.2) is 0 Å². The highest BCUT2D eigenvalue weighted by Crippen LogP contribution is 2.63. The zero-order valence-corrected chi connectivity index (χ0v) is 19.7. The number of benzene rings is 2. The van der Waals surface area contributed by atoms with Crippen LogP contribution in [0.25, 0.3) is 11.1 Å². The van der Waals surface area contributed by atoms with E-state index in [4.69, 9.17) is 9.47 Å². The van der Waals surface area contributed by atoms with Crippen molar-refractivity contribution in [1.29, 1.82) is 0 Å². The lowest BCUT2D eigenvalue weighted by Gasteiger charge is -2.20. The lowest BCUT2D eigenvalue weighted by Crippen LogP contribution is -2.40. The molecule has 0 radical (unpaired) electrons. The van der Waals surface area contributed by atoms with Crippen LogP contribution in [0.15, 0.2) is 48.5 Å². The van der Waals surface area contributed by atoms with E-state index in [9.17, 15) is 19.5 Å². The Balaban J connectivity index is 1.08. The Bertz CT molecular complexity index is 1100. The molecule has 2 amide bonds. The van der Waals surface area contributed by atoms with Crippen molar-refractivity contribution in [3.05, 3.63) is 59.7 Å². The number of hydrogen-bond acceptors (Lipinski definition) is 5. The van der Waals surface area contributed by atoms with Gasteiger partial charge < -0.3 is 25.2 Å². The quantitative estimate of drug-likeness (QED) is 0.510. The highest BCUT2D eigenvalue weighted by molar-refractivity contribution is 5.81. The number of alkyl carbamates (subject to hydrolysis) is 1. The average molecular weight is 479 g/mol. The van der Waals surface area contributed by atoms with E-state index in [0.29, 0.717) is 19.3 Å². The third kappa shape index (κ3) is 4.50. The van der Waals surface area contributed by atoms with Crippen molar-refractivity contribution in [2.45, 2.75) is 43.7 Å². The van der Waals surface area contributed by atoms with Gasteiger partial charge in [-0.1, -0.05) is 48.5 Å². The number of amides is 2. The van der Waals surface area contributed by atoms with Crippen molar-refractivity contribution in [3.8, 4) is 11.1 Å². The van der Waals surface area contributed by atoms with Crippen molar-refractivity contribution in [3.63, 3.8) is 0 Å². The molecule has 2 fully saturated rings. The van der Waals surface area contributed by atoms with Gasteiger partial charge in [0.2, 0.25) is 5.91 Å². The molecule has 35 heavy (non-hydrogen) atoms. The molecule has 4 unspecified atom stereocenters. The van der Waals surface area contributed by atoms with Crippen LogP contribution >= 0.6 is 0 Å². The van der Waals surface area contributed by atoms with E-state index in [1.807, 2.05) is 24.3 Å². The molecule has 2 aromatic carbocycles. The Morgan fingerprint density at radius 1 is 1.06 bits per heavy atom. The van der Waals surface area contributed by atoms with Crippen LogP contribution in [0.4, 0.5) is 4.79 Å². The molecule has 3 aliphatic rings. The van der Waals surface area contributed by atoms with Crippen molar-refractivity contribution in [2.24, 2.45) is 11.3 Å². The first-order valence-electron chi connectivity index (χ1n) is 12.1. The molecule has 2 saturated carbocycles. The first kappa shape index (κ1) is 23.4. The fourth-order valence-electron chi connectivity index (χ4n) is 5.84. The molecule has 0 heterocycles. The normalized spacial score (nSPS) is 24.6. The SMILES string of the molecule is COC(CNC(=O)OCC1c2ccccc2-c2ccccc21)CC(=O)NC1CC2CC2(C(=O)O)C1. The van der Waals surface area contributed by atoms with Gasteiger partial charge >= 0.3 is 12.1 Å². The van der Waals surface area contributed by atoms with Crippen LogP contribution in [0.3, 0.4) is 0 Å². The van der Waals surface area contributed by atoms with Crippen LogP contribution in [-0.2, 0) is 19.1 Å². The number of carboxylic acid groups (broad SMARTS) is 1. The summed E-state index contributed by atoms with van der Waals surface area (Å²) in [5, 5.41) is 15.0. The minimum Gasteiger partial charge on any atom is -0.481 e. The minimum atomic E-state index is -0.763. The molecule has 0 aliphatic heterocycles. The van der Waals surface area contributed by atoms with Gasteiger partial charge in [0.1, 0.15) is 6.61 Å². The number of fused-ring (bicyclic) bond motifs is 4. The molecular weight excluding hydrogens is 448 g/mol. The largest absolute Gasteiger partial charge is 0.481 e. The number of methoxy groups -OCH3 is 1. The third-order valence-corrected chi connectivity index (χ3v) is 7.77. The Hall–Kier alpha value is -3.39. The van der Waals surface area contributed by atoms with Crippen molar-refractivity contribution >= 4 is 18.0 Å². The Morgan fingerprint density at radius 3 is 2.31 bits per heavy atom. The smallest absolute Gasteiger partial charge is 0.407 e. The number of carboxylic acids is 1. The van der Waals surface area contributed by atoms with E-state index in [-0.39, 0.29) is 43.4 Å². The summed E-state index contributed by atoms with van der Waals surface area (Å²) in [6.45, 7) is 0.346. The summed E-state index contributed by atoms with van der Waals surface area (Å²) >= 11 is 0. The molecule has 8 heteroatoms. The monoisotopic (exact) mass is 478 g/mol. The molecule has 0 aromatic heterocycles. The molecule has 2 aromatic rings. The average Bonchev–Trinajstić information content (AvgIpc) is 3.29. The van der Waals surface area contributed by atoms with Gasteiger partial charge in [-0.15, -0.1) is 0 Å². The third-order valence-electron chi connectivity index (χ3n) is 7.77. The highest BCUT2D eigenvalue weighted by atomic mass is 16.5. The predicted molar refractivity (Wildman–Crippen MR) is 128 cm³/mol. The number of hydrogen-bond donors (Lipinski definition) is 3. The van der Waals surface area contributed by atoms with Crippen LogP contribution in [0.5, 0.6) is 0 Å². The van der Waals surface area contributed by atoms with Crippen LogP contribution in [0.1, 0.15) is 42.7 Å². The number of rotatable bonds is 9. The molecule has 0 spiro atoms. The van der Waals surface area contributed by atoms with Crippen molar-refractivity contribution < 1.29 is 29.0 Å². The second-order valence-electron chi connectivity index (χ2n) is 9.83. The van der Waals surface area contributed by atoms with Crippen LogP contribution in [0, 0.1) is 11.3 Å². The van der Waals surface area contributed by atoms with Gasteiger partial charge in [-0.2, -0.15) is 0 Å². The number of ether oxygens (including phenoxy) is 2. The van der Waals surface area contributed by atoms with Gasteiger partial charge in [-0.05, 0) is 47.4 Å². The van der Waals surface area contributed by atoms with Crippen LogP contribution in [0.2, 0.25) is 0 Å². The van der Waals surface area contributed by atoms with Gasteiger partial charge in [0, 0.05) is 25.6 Å². The Kier molecular flexibility index (Phi) is 6.23. The summed E-state index contributed by atoms with van der Waals surface area (Å²) in [6.07, 6.45) is 0.886. The zero-order chi connectivity index (χ0) is 24.6. The van der Waals surface area contributed by atoms with E-state index >= 15 is 0 Å². The van der Waals surface area contributed by atoms with Crippen LogP contribution < -0.4 is 10.6 Å². The molecule has 0 saturated heterocycles. The summed E-state index contributed by atoms with van der Waals surface area (Å²) in [5.74, 6) is -0.832. The fourth-order valence-corrected chi connectivity index (χ4v) is 5.84. The maximum atomic E-state index is 12.5. The maximum absolute atomic E-state index is 12.5. The summed E-state index contributed by atoms with van der Waals surface area (Å²) in [7, 11) is 1.49. The predicted octanol–water partition coefficient (Wildman–Crippen LogP) is 3.30. The second-order valence-corrected chi connectivity index (χ2v) is 9.83. The first-order valence-corrected chi connectivity index (χ1v) is 12.1. The van der Waals surface area contributed by atoms with Gasteiger partial charge in [0.25, 0.3) is 0 Å². The lowest BCUT2D eigenvalue weighted by atomic mass is 9.98. The molecule has 8 nitrogen and oxygen atoms in total. The van der Waals surface area contributed by atoms with E-state index < -0.39 is 23.6 Å². The van der Waals surface area contributed by atoms with Gasteiger partial charge in [-0.3, -0.25) is 9.59 Å². The van der Waals surface area contributed by atoms with Gasteiger partial charge in [-0.25, -0.2) is 4.79 Å². The molecule has 0 bridgehead atoms. The molecule has 3 aliphatic carbocycles. The molecule has 5 rings (SSSR count). The molecule has 184 valence electrons. The molecular formula is C27H30N2O6. The minimum absolute atomic E-state index is 0.0242. The highest BCUT2D eigenvalue weighted by Gasteiger charge is 2.65. The maximum Gasteiger partial charge on any atom is 0.407 e. The summed E-state index contributed by atoms with van der Waals surface area (Å²) < 4.78 is 10.9. The van der Waals surface area contributed by atoms with E-state index in [0.717, 1.165) is 22.3 Å². The molecule has 3 N–H and O–H groups in total. The van der Waals surface area contributed by atoms with Gasteiger partial charge in [0.05, 0.1) is 17.9 Å². The van der Waals surface area contributed by atoms with E-state index in [2.05, 4.69) is 34.9 Å². The number of nitrogens with one attached hydrogen (secondary N) is 2. The zero-order valence-electron chi connectivity index (χ0n) is 19.7. The topological polar surface area (TPSA) is 114 Å². The summed E-state index contributed by atoms with van der Waals surface area (Å²) in [4.78, 5) is 36.3. The fraction of sp³-hybridized carbons (Fsp3) is 0.444. The summed E-state index contributed by atoms with van der Waals surface area (Å²) in [5.41, 5.74) is 3.97. The number of carbonyl (C=O) groups is 3. The first-order chi connectivity index (χ1) is 16.9. The number of carbonyl (C=O) groups excluding carboxylic acids is 2. The Morgan fingerprint density at radius 2 is 1.71 bits per heavy atom. The second kappa shape index (κ2) is 9.34. The standard InChI is InChI=1S/C27H30N2O6/c1-34-18(11-24(30)29-17-10-16-12-27(16,13-17)25(31)32)14-28-26(33)35-15-23-21-8-4-2-6-19(21)20-7-3-5-9-22(20)23/h2-9,16-18,23H,10-15H2,1H3,(H,28,33)(H,29,30)(H,31,32). The van der Waals surface area contributed by atoms with E-state index in [1.54, 1.807) is 0 Å². The number of aliphatic carboxylic acids is 1. The van der Waals surface area contributed by atoms with Crippen molar-refractivity contribution in [2.75, 3.05) is 20.3 Å². The molecule has 4 atom stereocenters. The van der Waals surface area contributed by atoms with E-state index in [1.165, 1.54) is 7.11 Å². The Labute approximate surface area is 204 Å². The lowest BCUT2D eigenvalue weighted by molar-refractivity contribution is -0.143. The van der Waals surface area contributed by atoms with Crippen LogP contribution in [-0.4, -0.2) is 55.5 Å². The van der Waals surface area contributed by atoms with Crippen molar-refractivity contribution in [1.82, 2.24) is 10.6 Å².